The van der Waals surface area contributed by atoms with Crippen molar-refractivity contribution in [3.05, 3.63) is 54.3 Å². The Morgan fingerprint density at radius 2 is 1.70 bits per heavy atom. The molecule has 1 saturated heterocycles. The van der Waals surface area contributed by atoms with Gasteiger partial charge in [0.05, 0.1) is 5.69 Å². The Morgan fingerprint density at radius 3 is 2.33 bits per heavy atom. The highest BCUT2D eigenvalue weighted by Gasteiger charge is 2.19. The average molecular weight is 369 g/mol. The van der Waals surface area contributed by atoms with Crippen molar-refractivity contribution in [1.29, 1.82) is 0 Å². The van der Waals surface area contributed by atoms with Gasteiger partial charge in [-0.1, -0.05) is 12.1 Å². The first-order valence-electron chi connectivity index (χ1n) is 9.22. The highest BCUT2D eigenvalue weighted by Crippen LogP contribution is 2.22. The van der Waals surface area contributed by atoms with E-state index in [2.05, 4.69) is 10.2 Å². The first-order chi connectivity index (χ1) is 13.0. The first-order valence-corrected chi connectivity index (χ1v) is 9.22. The molecule has 0 aliphatic carbocycles. The number of piperidine rings is 1. The van der Waals surface area contributed by atoms with Gasteiger partial charge in [0.1, 0.15) is 12.4 Å². The molecule has 6 heteroatoms. The van der Waals surface area contributed by atoms with Crippen LogP contribution in [0.2, 0.25) is 0 Å². The lowest BCUT2D eigenvalue weighted by Crippen LogP contribution is -2.37. The lowest BCUT2D eigenvalue weighted by Gasteiger charge is -2.28. The Hall–Kier alpha value is -2.89. The van der Waals surface area contributed by atoms with E-state index in [1.807, 2.05) is 24.3 Å². The van der Waals surface area contributed by atoms with Gasteiger partial charge in [0.15, 0.2) is 0 Å². The van der Waals surface area contributed by atoms with E-state index in [4.69, 9.17) is 0 Å². The van der Waals surface area contributed by atoms with E-state index in [-0.39, 0.29) is 18.1 Å². The molecular formula is C21H24FN3O2. The van der Waals surface area contributed by atoms with Gasteiger partial charge in [0.2, 0.25) is 11.8 Å². The predicted molar refractivity (Wildman–Crippen MR) is 106 cm³/mol. The summed E-state index contributed by atoms with van der Waals surface area (Å²) in [5, 5.41) is 2.77. The maximum atomic E-state index is 14.0. The molecule has 2 aromatic rings. The number of hydrogen-bond acceptors (Lipinski definition) is 3. The SMILES string of the molecule is CC(=O)N(CC(=O)Nc1ccc(N2CCCCC2)cc1)c1ccccc1F. The summed E-state index contributed by atoms with van der Waals surface area (Å²) in [6.45, 7) is 3.18. The summed E-state index contributed by atoms with van der Waals surface area (Å²) in [7, 11) is 0. The van der Waals surface area contributed by atoms with Crippen molar-refractivity contribution in [1.82, 2.24) is 0 Å². The molecule has 0 radical (unpaired) electrons. The zero-order valence-corrected chi connectivity index (χ0v) is 15.5. The van der Waals surface area contributed by atoms with Crippen molar-refractivity contribution in [2.24, 2.45) is 0 Å². The van der Waals surface area contributed by atoms with Gasteiger partial charge in [-0.05, 0) is 55.7 Å². The summed E-state index contributed by atoms with van der Waals surface area (Å²) in [6.07, 6.45) is 3.68. The number of anilines is 3. The largest absolute Gasteiger partial charge is 0.372 e. The highest BCUT2D eigenvalue weighted by molar-refractivity contribution is 6.01. The molecule has 1 N–H and O–H groups in total. The van der Waals surface area contributed by atoms with E-state index < -0.39 is 11.7 Å². The fourth-order valence-corrected chi connectivity index (χ4v) is 3.29. The van der Waals surface area contributed by atoms with Crippen LogP contribution in [0.5, 0.6) is 0 Å². The van der Waals surface area contributed by atoms with Crippen LogP contribution in [-0.4, -0.2) is 31.4 Å². The van der Waals surface area contributed by atoms with Gasteiger partial charge in [-0.25, -0.2) is 4.39 Å². The molecule has 5 nitrogen and oxygen atoms in total. The number of amides is 2. The Bertz CT molecular complexity index is 801. The van der Waals surface area contributed by atoms with Gasteiger partial charge >= 0.3 is 0 Å². The number of carbonyl (C=O) groups excluding carboxylic acids is 2. The molecule has 2 amide bonds. The molecule has 0 aromatic heterocycles. The predicted octanol–water partition coefficient (Wildman–Crippen LogP) is 3.81. The number of rotatable bonds is 5. The van der Waals surface area contributed by atoms with Crippen LogP contribution in [0.1, 0.15) is 26.2 Å². The molecule has 142 valence electrons. The minimum Gasteiger partial charge on any atom is -0.372 e. The molecule has 0 bridgehead atoms. The molecule has 2 aromatic carbocycles. The molecule has 0 spiro atoms. The molecule has 0 atom stereocenters. The zero-order valence-electron chi connectivity index (χ0n) is 15.5. The van der Waals surface area contributed by atoms with Crippen LogP contribution < -0.4 is 15.1 Å². The van der Waals surface area contributed by atoms with Crippen LogP contribution in [0.15, 0.2) is 48.5 Å². The number of hydrogen-bond donors (Lipinski definition) is 1. The summed E-state index contributed by atoms with van der Waals surface area (Å²) in [5.74, 6) is -1.30. The van der Waals surface area contributed by atoms with Crippen LogP contribution in [0.3, 0.4) is 0 Å². The summed E-state index contributed by atoms with van der Waals surface area (Å²) in [5.41, 5.74) is 1.89. The Balaban J connectivity index is 1.64. The van der Waals surface area contributed by atoms with Crippen LogP contribution in [0, 0.1) is 5.82 Å². The second kappa shape index (κ2) is 8.66. The lowest BCUT2D eigenvalue weighted by molar-refractivity contribution is -0.120. The minimum absolute atomic E-state index is 0.0978. The second-order valence-electron chi connectivity index (χ2n) is 6.70. The van der Waals surface area contributed by atoms with Crippen LogP contribution >= 0.6 is 0 Å². The Kier molecular flexibility index (Phi) is 6.06. The molecule has 1 heterocycles. The number of halogens is 1. The molecule has 0 unspecified atom stereocenters. The molecule has 1 fully saturated rings. The van der Waals surface area contributed by atoms with Crippen molar-refractivity contribution in [2.75, 3.05) is 34.8 Å². The van der Waals surface area contributed by atoms with E-state index in [0.717, 1.165) is 23.7 Å². The summed E-state index contributed by atoms with van der Waals surface area (Å²) in [6, 6.07) is 13.6. The standard InChI is InChI=1S/C21H24FN3O2/c1-16(26)25(20-8-4-3-7-19(20)22)15-21(27)23-17-9-11-18(12-10-17)24-13-5-2-6-14-24/h3-4,7-12H,2,5-6,13-15H2,1H3,(H,23,27). The maximum absolute atomic E-state index is 14.0. The molecule has 1 aliphatic rings. The van der Waals surface area contributed by atoms with Crippen LogP contribution in [-0.2, 0) is 9.59 Å². The van der Waals surface area contributed by atoms with Gasteiger partial charge in [0.25, 0.3) is 0 Å². The fraction of sp³-hybridized carbons (Fsp3) is 0.333. The number of para-hydroxylation sites is 1. The van der Waals surface area contributed by atoms with Crippen molar-refractivity contribution in [3.8, 4) is 0 Å². The quantitative estimate of drug-likeness (QED) is 0.872. The molecule has 0 saturated carbocycles. The maximum Gasteiger partial charge on any atom is 0.244 e. The number of nitrogens with zero attached hydrogens (tertiary/aromatic N) is 2. The van der Waals surface area contributed by atoms with E-state index >= 15 is 0 Å². The van der Waals surface area contributed by atoms with Crippen molar-refractivity contribution >= 4 is 28.9 Å². The van der Waals surface area contributed by atoms with E-state index in [1.54, 1.807) is 12.1 Å². The third kappa shape index (κ3) is 4.84. The van der Waals surface area contributed by atoms with Crippen LogP contribution in [0.4, 0.5) is 21.5 Å². The van der Waals surface area contributed by atoms with Crippen molar-refractivity contribution in [2.45, 2.75) is 26.2 Å². The summed E-state index contributed by atoms with van der Waals surface area (Å²) >= 11 is 0. The third-order valence-corrected chi connectivity index (χ3v) is 4.70. The number of carbonyl (C=O) groups is 2. The highest BCUT2D eigenvalue weighted by atomic mass is 19.1. The molecule has 1 aliphatic heterocycles. The molecule has 3 rings (SSSR count). The van der Waals surface area contributed by atoms with Crippen molar-refractivity contribution < 1.29 is 14.0 Å². The summed E-state index contributed by atoms with van der Waals surface area (Å²) in [4.78, 5) is 27.7. The summed E-state index contributed by atoms with van der Waals surface area (Å²) < 4.78 is 14.0. The van der Waals surface area contributed by atoms with Gasteiger partial charge in [-0.3, -0.25) is 9.59 Å². The Morgan fingerprint density at radius 1 is 1.04 bits per heavy atom. The molecule has 27 heavy (non-hydrogen) atoms. The Labute approximate surface area is 158 Å². The average Bonchev–Trinajstić information content (AvgIpc) is 2.68. The number of benzene rings is 2. The number of nitrogens with one attached hydrogen (secondary N) is 1. The van der Waals surface area contributed by atoms with Gasteiger partial charge in [-0.2, -0.15) is 0 Å². The van der Waals surface area contributed by atoms with Gasteiger partial charge in [0, 0.05) is 31.4 Å². The van der Waals surface area contributed by atoms with Crippen LogP contribution in [0.25, 0.3) is 0 Å². The zero-order chi connectivity index (χ0) is 19.2. The van der Waals surface area contributed by atoms with E-state index in [1.165, 1.54) is 38.3 Å². The topological polar surface area (TPSA) is 52.7 Å². The third-order valence-electron chi connectivity index (χ3n) is 4.70. The van der Waals surface area contributed by atoms with Crippen molar-refractivity contribution in [3.63, 3.8) is 0 Å². The molecular weight excluding hydrogens is 345 g/mol. The lowest BCUT2D eigenvalue weighted by atomic mass is 10.1. The van der Waals surface area contributed by atoms with E-state index in [9.17, 15) is 14.0 Å². The second-order valence-corrected chi connectivity index (χ2v) is 6.70. The first kappa shape index (κ1) is 18.9. The normalized spacial score (nSPS) is 13.9. The minimum atomic E-state index is -0.536. The smallest absolute Gasteiger partial charge is 0.244 e. The van der Waals surface area contributed by atoms with Gasteiger partial charge in [-0.15, -0.1) is 0 Å². The monoisotopic (exact) mass is 369 g/mol. The van der Waals surface area contributed by atoms with E-state index in [0.29, 0.717) is 5.69 Å². The van der Waals surface area contributed by atoms with Gasteiger partial charge < -0.3 is 15.1 Å². The fourth-order valence-electron chi connectivity index (χ4n) is 3.29.